The zero-order valence-corrected chi connectivity index (χ0v) is 28.3. The molecule has 2 bridgehead atoms. The highest BCUT2D eigenvalue weighted by Crippen LogP contribution is 2.43. The van der Waals surface area contributed by atoms with Gasteiger partial charge in [0.1, 0.15) is 11.8 Å². The highest BCUT2D eigenvalue weighted by molar-refractivity contribution is 7.80. The average Bonchev–Trinajstić information content (AvgIpc) is 3.04. The molecule has 0 aliphatic carbocycles. The normalized spacial score (nSPS) is 22.2. The standard InChI is InChI=1S/C35H39F6N5O2S/c1-6-19-18-46-12-10-20(19)13-28(46)29(25-9-11-42-27-8-7-24(48-5)17-26(25)27)44-31(47)30(33(2,3)4)45-32(49)43-23-15-21(34(36,37)38)14-22(16-23)35(39,40)41/h6-9,11,14-17,19-20,28-30H,1,10,12-13,18H2,2-5H3,(H,44,47)(H2,43,45,49). The third kappa shape index (κ3) is 8.12. The van der Waals surface area contributed by atoms with E-state index in [1.54, 1.807) is 34.1 Å². The summed E-state index contributed by atoms with van der Waals surface area (Å²) in [6.45, 7) is 11.0. The molecule has 3 fully saturated rings. The van der Waals surface area contributed by atoms with E-state index in [2.05, 4.69) is 32.4 Å². The second-order valence-electron chi connectivity index (χ2n) is 13.7. The maximum atomic E-state index is 14.3. The number of nitrogens with zero attached hydrogens (tertiary/aromatic N) is 2. The summed E-state index contributed by atoms with van der Waals surface area (Å²) in [6.07, 6.45) is -4.57. The number of carbonyl (C=O) groups is 1. The second kappa shape index (κ2) is 13.8. The number of amides is 1. The number of aromatic nitrogens is 1. The maximum Gasteiger partial charge on any atom is 0.416 e. The first kappa shape index (κ1) is 36.4. The van der Waals surface area contributed by atoms with Crippen LogP contribution >= 0.6 is 12.2 Å². The maximum absolute atomic E-state index is 14.3. The number of anilines is 1. The van der Waals surface area contributed by atoms with Gasteiger partial charge in [-0.05, 0) is 96.9 Å². The third-order valence-electron chi connectivity index (χ3n) is 9.40. The quantitative estimate of drug-likeness (QED) is 0.126. The molecule has 1 amide bonds. The van der Waals surface area contributed by atoms with E-state index >= 15 is 0 Å². The number of rotatable bonds is 8. The number of hydrogen-bond acceptors (Lipinski definition) is 5. The first-order chi connectivity index (χ1) is 22.9. The van der Waals surface area contributed by atoms with E-state index in [1.807, 2.05) is 30.3 Å². The van der Waals surface area contributed by atoms with E-state index in [0.717, 1.165) is 36.9 Å². The minimum atomic E-state index is -5.03. The van der Waals surface area contributed by atoms with Crippen LogP contribution in [0.4, 0.5) is 32.0 Å². The van der Waals surface area contributed by atoms with E-state index in [4.69, 9.17) is 17.0 Å². The van der Waals surface area contributed by atoms with Gasteiger partial charge in [-0.25, -0.2) is 0 Å². The molecule has 3 aliphatic heterocycles. The molecule has 2 aromatic carbocycles. The first-order valence-electron chi connectivity index (χ1n) is 15.9. The summed E-state index contributed by atoms with van der Waals surface area (Å²) < 4.78 is 86.4. The van der Waals surface area contributed by atoms with Crippen LogP contribution < -0.4 is 20.7 Å². The van der Waals surface area contributed by atoms with Crippen molar-refractivity contribution in [2.45, 2.75) is 64.1 Å². The van der Waals surface area contributed by atoms with Crippen LogP contribution in [0.15, 0.2) is 61.3 Å². The summed E-state index contributed by atoms with van der Waals surface area (Å²) in [6, 6.07) is 6.90. The molecule has 14 heteroatoms. The Hall–Kier alpha value is -3.91. The van der Waals surface area contributed by atoms with Gasteiger partial charge in [-0.1, -0.05) is 26.8 Å². The van der Waals surface area contributed by atoms with Crippen molar-refractivity contribution in [1.29, 1.82) is 0 Å². The van der Waals surface area contributed by atoms with Gasteiger partial charge in [0, 0.05) is 29.9 Å². The van der Waals surface area contributed by atoms with Crippen molar-refractivity contribution in [2.75, 3.05) is 25.5 Å². The number of piperidine rings is 3. The van der Waals surface area contributed by atoms with Crippen LogP contribution in [0.2, 0.25) is 0 Å². The van der Waals surface area contributed by atoms with Gasteiger partial charge in [-0.15, -0.1) is 6.58 Å². The molecule has 0 saturated carbocycles. The zero-order chi connectivity index (χ0) is 35.9. The van der Waals surface area contributed by atoms with Crippen molar-refractivity contribution < 1.29 is 35.9 Å². The molecule has 0 radical (unpaired) electrons. The number of nitrogens with one attached hydrogen (secondary N) is 3. The summed E-state index contributed by atoms with van der Waals surface area (Å²) in [5.74, 6) is 0.893. The lowest BCUT2D eigenvalue weighted by Gasteiger charge is -2.52. The molecule has 7 nitrogen and oxygen atoms in total. The SMILES string of the molecule is C=CC1CN2CCC1CC2C(NC(=O)C(NC(=S)Nc1cc(C(F)(F)F)cc(C(F)(F)F)c1)C(C)(C)C)c1ccnc2ccc(OC)cc12. The third-order valence-corrected chi connectivity index (χ3v) is 9.62. The van der Waals surface area contributed by atoms with Gasteiger partial charge in [-0.3, -0.25) is 14.7 Å². The zero-order valence-electron chi connectivity index (χ0n) is 27.5. The Labute approximate surface area is 286 Å². The molecule has 3 N–H and O–H groups in total. The molecule has 6 rings (SSSR count). The summed E-state index contributed by atoms with van der Waals surface area (Å²) >= 11 is 5.36. The van der Waals surface area contributed by atoms with Crippen molar-refractivity contribution in [3.63, 3.8) is 0 Å². The van der Waals surface area contributed by atoms with E-state index in [-0.39, 0.29) is 17.2 Å². The van der Waals surface area contributed by atoms with Gasteiger partial charge in [0.15, 0.2) is 5.11 Å². The molecule has 264 valence electrons. The number of benzene rings is 2. The number of carbonyl (C=O) groups excluding carboxylic acids is 1. The number of halogens is 6. The van der Waals surface area contributed by atoms with Crippen LogP contribution in [0.5, 0.6) is 5.75 Å². The molecule has 3 aromatic rings. The fourth-order valence-corrected chi connectivity index (χ4v) is 7.12. The fourth-order valence-electron chi connectivity index (χ4n) is 6.89. The Morgan fingerprint density at radius 1 is 1.04 bits per heavy atom. The van der Waals surface area contributed by atoms with Crippen molar-refractivity contribution in [3.8, 4) is 5.75 Å². The van der Waals surface area contributed by atoms with Gasteiger partial charge >= 0.3 is 12.4 Å². The van der Waals surface area contributed by atoms with Gasteiger partial charge in [0.25, 0.3) is 0 Å². The Kier molecular flexibility index (Phi) is 10.2. The van der Waals surface area contributed by atoms with E-state index < -0.39 is 52.6 Å². The molecule has 1 aromatic heterocycles. The lowest BCUT2D eigenvalue weighted by Crippen LogP contribution is -2.60. The van der Waals surface area contributed by atoms with Gasteiger partial charge in [0.2, 0.25) is 5.91 Å². The predicted molar refractivity (Wildman–Crippen MR) is 180 cm³/mol. The Morgan fingerprint density at radius 2 is 1.71 bits per heavy atom. The summed E-state index contributed by atoms with van der Waals surface area (Å²) in [7, 11) is 1.57. The number of methoxy groups -OCH3 is 1. The van der Waals surface area contributed by atoms with Crippen molar-refractivity contribution >= 4 is 39.8 Å². The number of hydrogen-bond donors (Lipinski definition) is 3. The molecule has 4 heterocycles. The van der Waals surface area contributed by atoms with Gasteiger partial charge in [-0.2, -0.15) is 26.3 Å². The molecule has 6 atom stereocenters. The minimum Gasteiger partial charge on any atom is -0.497 e. The molecule has 6 unspecified atom stereocenters. The monoisotopic (exact) mass is 707 g/mol. The van der Waals surface area contributed by atoms with Crippen LogP contribution in [-0.4, -0.2) is 53.2 Å². The molecule has 3 saturated heterocycles. The van der Waals surface area contributed by atoms with Crippen LogP contribution in [0.25, 0.3) is 10.9 Å². The number of pyridine rings is 1. The first-order valence-corrected chi connectivity index (χ1v) is 16.3. The summed E-state index contributed by atoms with van der Waals surface area (Å²) in [5.41, 5.74) is -2.75. The van der Waals surface area contributed by atoms with Crippen LogP contribution in [0.1, 0.15) is 56.3 Å². The van der Waals surface area contributed by atoms with Crippen LogP contribution in [0.3, 0.4) is 0 Å². The number of alkyl halides is 6. The Balaban J connectivity index is 1.47. The summed E-state index contributed by atoms with van der Waals surface area (Å²) in [5, 5.41) is 9.07. The lowest BCUT2D eigenvalue weighted by atomic mass is 9.73. The van der Waals surface area contributed by atoms with E-state index in [1.165, 1.54) is 0 Å². The van der Waals surface area contributed by atoms with E-state index in [9.17, 15) is 31.1 Å². The number of ether oxygens (including phenoxy) is 1. The Bertz CT molecular complexity index is 1690. The van der Waals surface area contributed by atoms with Crippen molar-refractivity contribution in [3.05, 3.63) is 78.0 Å². The van der Waals surface area contributed by atoms with Crippen LogP contribution in [-0.2, 0) is 17.1 Å². The molecule has 0 spiro atoms. The Morgan fingerprint density at radius 3 is 2.27 bits per heavy atom. The average molecular weight is 708 g/mol. The topological polar surface area (TPSA) is 78.5 Å². The minimum absolute atomic E-state index is 0.0385. The number of fused-ring (bicyclic) bond motifs is 4. The molecular weight excluding hydrogens is 668 g/mol. The van der Waals surface area contributed by atoms with Gasteiger partial charge in [0.05, 0.1) is 29.8 Å². The second-order valence-corrected chi connectivity index (χ2v) is 14.1. The highest BCUT2D eigenvalue weighted by atomic mass is 32.1. The smallest absolute Gasteiger partial charge is 0.416 e. The van der Waals surface area contributed by atoms with Crippen molar-refractivity contribution in [2.24, 2.45) is 17.3 Å². The van der Waals surface area contributed by atoms with Crippen molar-refractivity contribution in [1.82, 2.24) is 20.5 Å². The highest BCUT2D eigenvalue weighted by Gasteiger charge is 2.45. The largest absolute Gasteiger partial charge is 0.497 e. The number of thiocarbonyl (C=S) groups is 1. The lowest BCUT2D eigenvalue weighted by molar-refractivity contribution is -0.143. The molecule has 49 heavy (non-hydrogen) atoms. The summed E-state index contributed by atoms with van der Waals surface area (Å²) in [4.78, 5) is 21.2. The molecular formula is C35H39F6N5O2S. The van der Waals surface area contributed by atoms with Crippen LogP contribution in [0, 0.1) is 17.3 Å². The van der Waals surface area contributed by atoms with E-state index in [0.29, 0.717) is 35.2 Å². The predicted octanol–water partition coefficient (Wildman–Crippen LogP) is 7.74. The fraction of sp³-hybridized carbons (Fsp3) is 0.457. The molecule has 3 aliphatic rings. The van der Waals surface area contributed by atoms with Gasteiger partial charge < -0.3 is 20.7 Å².